The van der Waals surface area contributed by atoms with Gasteiger partial charge in [-0.1, -0.05) is 46.8 Å². The van der Waals surface area contributed by atoms with Crippen LogP contribution in [0.1, 0.15) is 17.8 Å². The average molecular weight is 488 g/mol. The predicted molar refractivity (Wildman–Crippen MR) is 130 cm³/mol. The second-order valence-corrected chi connectivity index (χ2v) is 9.55. The maximum Gasteiger partial charge on any atom is 0.236 e. The van der Waals surface area contributed by atoms with Crippen molar-refractivity contribution < 1.29 is 9.53 Å². The van der Waals surface area contributed by atoms with Gasteiger partial charge >= 0.3 is 0 Å². The molecule has 10 heteroatoms. The normalized spacial score (nSPS) is 11.1. The number of anilines is 1. The molecule has 0 fully saturated rings. The molecule has 0 aliphatic heterocycles. The molecule has 0 radical (unpaired) electrons. The molecule has 2 aromatic carbocycles. The molecule has 2 heterocycles. The molecule has 0 atom stereocenters. The number of aryl methyl sites for hydroxylation is 2. The van der Waals surface area contributed by atoms with Crippen molar-refractivity contribution in [3.8, 4) is 5.75 Å². The molecule has 0 spiro atoms. The number of fused-ring (bicyclic) bond motifs is 1. The van der Waals surface area contributed by atoms with Crippen molar-refractivity contribution >= 4 is 56.0 Å². The number of rotatable bonds is 9. The molecule has 2 aromatic heterocycles. The number of nitrogens with zero attached hydrogens (tertiary/aromatic N) is 4. The van der Waals surface area contributed by atoms with Crippen LogP contribution >= 0.6 is 34.7 Å². The van der Waals surface area contributed by atoms with Gasteiger partial charge in [-0.3, -0.25) is 4.79 Å². The Bertz CT molecular complexity index is 1210. The Hall–Kier alpha value is -2.62. The number of thiazole rings is 1. The molecule has 0 aliphatic carbocycles. The van der Waals surface area contributed by atoms with Crippen molar-refractivity contribution in [1.82, 2.24) is 19.7 Å². The van der Waals surface area contributed by atoms with Crippen molar-refractivity contribution in [2.45, 2.75) is 24.9 Å². The van der Waals surface area contributed by atoms with Crippen LogP contribution < -0.4 is 10.1 Å². The highest BCUT2D eigenvalue weighted by Crippen LogP contribution is 2.26. The Morgan fingerprint density at radius 1 is 1.25 bits per heavy atom. The molecular formula is C22H22ClN5O2S2. The molecule has 4 aromatic rings. The van der Waals surface area contributed by atoms with Gasteiger partial charge in [0.25, 0.3) is 0 Å². The first kappa shape index (κ1) is 22.6. The number of thioether (sulfide) groups is 1. The Labute approximate surface area is 199 Å². The molecule has 0 saturated carbocycles. The van der Waals surface area contributed by atoms with E-state index in [-0.39, 0.29) is 11.7 Å². The number of carbonyl (C=O) groups excluding carboxylic acids is 1. The summed E-state index contributed by atoms with van der Waals surface area (Å²) in [6.45, 7) is 2.54. The van der Waals surface area contributed by atoms with Crippen molar-refractivity contribution in [1.29, 1.82) is 0 Å². The van der Waals surface area contributed by atoms with E-state index >= 15 is 0 Å². The third kappa shape index (κ3) is 5.59. The Balaban J connectivity index is 1.23. The minimum atomic E-state index is -0.120. The van der Waals surface area contributed by atoms with Gasteiger partial charge in [-0.05, 0) is 49.2 Å². The summed E-state index contributed by atoms with van der Waals surface area (Å²) in [4.78, 5) is 16.8. The third-order valence-corrected chi connectivity index (χ3v) is 6.94. The first-order valence-electron chi connectivity index (χ1n) is 10.0. The number of carbonyl (C=O) groups is 1. The van der Waals surface area contributed by atoms with Gasteiger partial charge < -0.3 is 14.6 Å². The first-order valence-corrected chi connectivity index (χ1v) is 12.2. The molecular weight excluding hydrogens is 466 g/mol. The fourth-order valence-electron chi connectivity index (χ4n) is 3.09. The number of para-hydroxylation sites is 1. The number of amides is 1. The lowest BCUT2D eigenvalue weighted by atomic mass is 10.2. The standard InChI is InChI=1S/C22H22ClN5O2S2/c1-14-12-15(23)9-10-17(14)30-11-5-8-19-26-27-22(28(19)2)31-13-20(29)25-21-24-16-6-3-4-7-18(16)32-21/h3-4,6-7,9-10,12H,5,8,11,13H2,1-2H3,(H,24,25,29). The quantitative estimate of drug-likeness (QED) is 0.260. The van der Waals surface area contributed by atoms with Gasteiger partial charge in [0.15, 0.2) is 10.3 Å². The fraction of sp³-hybridized carbons (Fsp3) is 0.273. The Kier molecular flexibility index (Phi) is 7.29. The van der Waals surface area contributed by atoms with E-state index in [1.54, 1.807) is 0 Å². The molecule has 0 aliphatic rings. The number of ether oxygens (including phenoxy) is 1. The zero-order valence-electron chi connectivity index (χ0n) is 17.7. The second-order valence-electron chi connectivity index (χ2n) is 7.14. The van der Waals surface area contributed by atoms with Crippen LogP contribution in [0.2, 0.25) is 5.02 Å². The summed E-state index contributed by atoms with van der Waals surface area (Å²) in [5, 5.41) is 13.3. The van der Waals surface area contributed by atoms with Crippen molar-refractivity contribution in [3.05, 3.63) is 58.9 Å². The zero-order chi connectivity index (χ0) is 22.5. The van der Waals surface area contributed by atoms with Crippen molar-refractivity contribution in [2.75, 3.05) is 17.7 Å². The number of hydrogen-bond acceptors (Lipinski definition) is 7. The second kappa shape index (κ2) is 10.3. The summed E-state index contributed by atoms with van der Waals surface area (Å²) in [7, 11) is 1.91. The Morgan fingerprint density at radius 2 is 2.09 bits per heavy atom. The highest BCUT2D eigenvalue weighted by atomic mass is 35.5. The van der Waals surface area contributed by atoms with Crippen molar-refractivity contribution in [3.63, 3.8) is 0 Å². The number of nitrogens with one attached hydrogen (secondary N) is 1. The first-order chi connectivity index (χ1) is 15.5. The van der Waals surface area contributed by atoms with Crippen LogP contribution in [-0.2, 0) is 18.3 Å². The van der Waals surface area contributed by atoms with Crippen LogP contribution in [-0.4, -0.2) is 38.0 Å². The van der Waals surface area contributed by atoms with E-state index < -0.39 is 0 Å². The van der Waals surface area contributed by atoms with Crippen molar-refractivity contribution in [2.24, 2.45) is 7.05 Å². The summed E-state index contributed by atoms with van der Waals surface area (Å²) >= 11 is 8.79. The van der Waals surface area contributed by atoms with E-state index in [0.29, 0.717) is 21.9 Å². The topological polar surface area (TPSA) is 81.9 Å². The molecule has 1 N–H and O–H groups in total. The maximum atomic E-state index is 12.3. The number of halogens is 1. The predicted octanol–water partition coefficient (Wildman–Crippen LogP) is 5.13. The highest BCUT2D eigenvalue weighted by molar-refractivity contribution is 7.99. The van der Waals surface area contributed by atoms with E-state index in [4.69, 9.17) is 16.3 Å². The number of aromatic nitrogens is 4. The minimum absolute atomic E-state index is 0.120. The van der Waals surface area contributed by atoms with Crippen LogP contribution in [0.5, 0.6) is 5.75 Å². The van der Waals surface area contributed by atoms with Crippen LogP contribution in [0.3, 0.4) is 0 Å². The summed E-state index contributed by atoms with van der Waals surface area (Å²) in [5.74, 6) is 1.81. The number of benzene rings is 2. The summed E-state index contributed by atoms with van der Waals surface area (Å²) < 4.78 is 8.80. The molecule has 0 saturated heterocycles. The van der Waals surface area contributed by atoms with Crippen LogP contribution in [0.25, 0.3) is 10.2 Å². The van der Waals surface area contributed by atoms with Gasteiger partial charge in [0.2, 0.25) is 5.91 Å². The number of hydrogen-bond donors (Lipinski definition) is 1. The van der Waals surface area contributed by atoms with E-state index in [2.05, 4.69) is 20.5 Å². The third-order valence-electron chi connectivity index (χ3n) is 4.74. The maximum absolute atomic E-state index is 12.3. The van der Waals surface area contributed by atoms with E-state index in [1.165, 1.54) is 23.1 Å². The lowest BCUT2D eigenvalue weighted by Gasteiger charge is -2.09. The van der Waals surface area contributed by atoms with E-state index in [9.17, 15) is 4.79 Å². The van der Waals surface area contributed by atoms with Crippen LogP contribution in [0, 0.1) is 6.92 Å². The molecule has 0 bridgehead atoms. The molecule has 7 nitrogen and oxygen atoms in total. The van der Waals surface area contributed by atoms with Gasteiger partial charge in [-0.15, -0.1) is 10.2 Å². The van der Waals surface area contributed by atoms with Gasteiger partial charge in [-0.25, -0.2) is 4.98 Å². The summed E-state index contributed by atoms with van der Waals surface area (Å²) in [6.07, 6.45) is 1.53. The Morgan fingerprint density at radius 3 is 2.91 bits per heavy atom. The molecule has 166 valence electrons. The van der Waals surface area contributed by atoms with Gasteiger partial charge in [-0.2, -0.15) is 0 Å². The summed E-state index contributed by atoms with van der Waals surface area (Å²) in [6, 6.07) is 13.4. The fourth-order valence-corrected chi connectivity index (χ4v) is 4.93. The van der Waals surface area contributed by atoms with E-state index in [0.717, 1.165) is 40.2 Å². The van der Waals surface area contributed by atoms with Gasteiger partial charge in [0.1, 0.15) is 11.6 Å². The minimum Gasteiger partial charge on any atom is -0.493 e. The highest BCUT2D eigenvalue weighted by Gasteiger charge is 2.13. The van der Waals surface area contributed by atoms with Gasteiger partial charge in [0, 0.05) is 18.5 Å². The molecule has 32 heavy (non-hydrogen) atoms. The van der Waals surface area contributed by atoms with Gasteiger partial charge in [0.05, 0.1) is 22.6 Å². The largest absolute Gasteiger partial charge is 0.493 e. The molecule has 0 unspecified atom stereocenters. The van der Waals surface area contributed by atoms with Crippen LogP contribution in [0.4, 0.5) is 5.13 Å². The monoisotopic (exact) mass is 487 g/mol. The SMILES string of the molecule is Cc1cc(Cl)ccc1OCCCc1nnc(SCC(=O)Nc2nc3ccccc3s2)n1C. The molecule has 4 rings (SSSR count). The lowest BCUT2D eigenvalue weighted by molar-refractivity contribution is -0.113. The average Bonchev–Trinajstić information content (AvgIpc) is 3.33. The zero-order valence-corrected chi connectivity index (χ0v) is 20.1. The lowest BCUT2D eigenvalue weighted by Crippen LogP contribution is -2.14. The smallest absolute Gasteiger partial charge is 0.236 e. The van der Waals surface area contributed by atoms with Crippen LogP contribution in [0.15, 0.2) is 47.6 Å². The summed E-state index contributed by atoms with van der Waals surface area (Å²) in [5.41, 5.74) is 1.90. The molecule has 1 amide bonds. The van der Waals surface area contributed by atoms with E-state index in [1.807, 2.05) is 61.0 Å².